The first-order valence-corrected chi connectivity index (χ1v) is 10.7. The van der Waals surface area contributed by atoms with Crippen LogP contribution in [0.5, 0.6) is 0 Å². The molecule has 1 fully saturated rings. The van der Waals surface area contributed by atoms with E-state index in [1.165, 1.54) is 31.4 Å². The Balaban J connectivity index is 1.80. The Kier molecular flexibility index (Phi) is 4.09. The maximum absolute atomic E-state index is 14.8. The highest BCUT2D eigenvalue weighted by Crippen LogP contribution is 2.60. The molecule has 1 aromatic heterocycles. The number of guanidine groups is 1. The lowest BCUT2D eigenvalue weighted by Crippen LogP contribution is -2.58. The van der Waals surface area contributed by atoms with E-state index in [9.17, 15) is 17.6 Å². The van der Waals surface area contributed by atoms with Gasteiger partial charge >= 0.3 is 0 Å². The van der Waals surface area contributed by atoms with Crippen molar-refractivity contribution in [3.63, 3.8) is 0 Å². The second kappa shape index (κ2) is 6.05. The van der Waals surface area contributed by atoms with Gasteiger partial charge in [-0.3, -0.25) is 4.79 Å². The molecule has 2 aromatic rings. The molecule has 4 rings (SSSR count). The first-order chi connectivity index (χ1) is 13.1. The molecule has 1 aromatic carbocycles. The average Bonchev–Trinajstić information content (AvgIpc) is 3.30. The van der Waals surface area contributed by atoms with Gasteiger partial charge in [-0.25, -0.2) is 22.1 Å². The van der Waals surface area contributed by atoms with Gasteiger partial charge in [0.1, 0.15) is 21.8 Å². The Labute approximate surface area is 165 Å². The van der Waals surface area contributed by atoms with Crippen molar-refractivity contribution in [1.82, 2.24) is 13.1 Å². The van der Waals surface area contributed by atoms with Crippen molar-refractivity contribution in [2.75, 3.05) is 7.05 Å². The fourth-order valence-corrected chi connectivity index (χ4v) is 6.34. The number of sulfonamides is 1. The summed E-state index contributed by atoms with van der Waals surface area (Å²) in [4.78, 5) is 16.7. The maximum Gasteiger partial charge on any atom is 0.245 e. The third-order valence-electron chi connectivity index (χ3n) is 5.67. The van der Waals surface area contributed by atoms with Gasteiger partial charge in [0.2, 0.25) is 16.0 Å². The van der Waals surface area contributed by atoms with Gasteiger partial charge in [0.15, 0.2) is 5.78 Å². The van der Waals surface area contributed by atoms with Crippen LogP contribution in [-0.2, 0) is 22.0 Å². The molecule has 11 heteroatoms. The standard InChI is InChI=1S/C17H18FN5O3S2/c1-16(17(5-6-17)28(25,26)23(2)15(19)21-16)11-7-10(3-4-12(11)18)8-14(24)13-9-20-27-22-13/h3-4,7,9H,5-6,8H2,1-2H3,(H2,19,21)/t16-/m1/s1. The summed E-state index contributed by atoms with van der Waals surface area (Å²) in [5.41, 5.74) is 5.37. The van der Waals surface area contributed by atoms with Gasteiger partial charge < -0.3 is 5.73 Å². The van der Waals surface area contributed by atoms with Gasteiger partial charge in [0.25, 0.3) is 0 Å². The monoisotopic (exact) mass is 423 g/mol. The number of nitrogens with zero attached hydrogens (tertiary/aromatic N) is 4. The van der Waals surface area contributed by atoms with Crippen molar-refractivity contribution in [3.05, 3.63) is 47.0 Å². The zero-order valence-corrected chi connectivity index (χ0v) is 16.8. The number of hydrogen-bond donors (Lipinski definition) is 1. The van der Waals surface area contributed by atoms with Gasteiger partial charge in [-0.15, -0.1) is 0 Å². The number of nitrogens with two attached hydrogens (primary N) is 1. The first-order valence-electron chi connectivity index (χ1n) is 8.56. The summed E-state index contributed by atoms with van der Waals surface area (Å²) < 4.78 is 48.3. The molecule has 0 unspecified atom stereocenters. The van der Waals surface area contributed by atoms with E-state index in [1.807, 2.05) is 0 Å². The number of carbonyl (C=O) groups excluding carboxylic acids is 1. The van der Waals surface area contributed by atoms with Crippen LogP contribution < -0.4 is 5.73 Å². The van der Waals surface area contributed by atoms with E-state index in [4.69, 9.17) is 5.73 Å². The Hall–Kier alpha value is -2.40. The van der Waals surface area contributed by atoms with Crippen LogP contribution in [-0.4, -0.2) is 45.0 Å². The zero-order chi connectivity index (χ0) is 20.3. The molecule has 148 valence electrons. The number of benzene rings is 1. The van der Waals surface area contributed by atoms with Crippen LogP contribution in [0.1, 0.15) is 41.4 Å². The van der Waals surface area contributed by atoms with E-state index in [-0.39, 0.29) is 29.4 Å². The van der Waals surface area contributed by atoms with E-state index in [2.05, 4.69) is 13.7 Å². The topological polar surface area (TPSA) is 119 Å². The van der Waals surface area contributed by atoms with Crippen LogP contribution >= 0.6 is 11.7 Å². The van der Waals surface area contributed by atoms with Crippen LogP contribution in [0.15, 0.2) is 29.4 Å². The molecule has 28 heavy (non-hydrogen) atoms. The van der Waals surface area contributed by atoms with E-state index >= 15 is 0 Å². The lowest BCUT2D eigenvalue weighted by Gasteiger charge is -2.42. The Morgan fingerprint density at radius 2 is 2.11 bits per heavy atom. The van der Waals surface area contributed by atoms with E-state index in [0.717, 1.165) is 16.0 Å². The molecule has 0 bridgehead atoms. The smallest absolute Gasteiger partial charge is 0.245 e. The minimum atomic E-state index is -3.79. The summed E-state index contributed by atoms with van der Waals surface area (Å²) in [6.45, 7) is 1.59. The molecular weight excluding hydrogens is 405 g/mol. The van der Waals surface area contributed by atoms with Crippen molar-refractivity contribution in [1.29, 1.82) is 0 Å². The lowest BCUT2D eigenvalue weighted by molar-refractivity contribution is 0.0989. The van der Waals surface area contributed by atoms with E-state index in [0.29, 0.717) is 18.4 Å². The quantitative estimate of drug-likeness (QED) is 0.744. The zero-order valence-electron chi connectivity index (χ0n) is 15.2. The number of carbonyl (C=O) groups is 1. The van der Waals surface area contributed by atoms with Crippen LogP contribution in [0.4, 0.5) is 4.39 Å². The maximum atomic E-state index is 14.8. The summed E-state index contributed by atoms with van der Waals surface area (Å²) in [5.74, 6) is -1.03. The van der Waals surface area contributed by atoms with E-state index in [1.54, 1.807) is 6.92 Å². The van der Waals surface area contributed by atoms with Crippen LogP contribution in [0.2, 0.25) is 0 Å². The normalized spacial score (nSPS) is 24.8. The minimum Gasteiger partial charge on any atom is -0.369 e. The average molecular weight is 423 g/mol. The fourth-order valence-electron chi connectivity index (χ4n) is 3.82. The predicted molar refractivity (Wildman–Crippen MR) is 102 cm³/mol. The molecule has 2 aliphatic rings. The fraction of sp³-hybridized carbons (Fsp3) is 0.412. The molecule has 1 atom stereocenters. The molecule has 0 amide bonds. The van der Waals surface area contributed by atoms with Crippen molar-refractivity contribution >= 4 is 33.5 Å². The molecule has 1 spiro atoms. The van der Waals surface area contributed by atoms with Gasteiger partial charge in [-0.2, -0.15) is 8.75 Å². The molecule has 8 nitrogen and oxygen atoms in total. The molecule has 2 N–H and O–H groups in total. The SMILES string of the molecule is CN1C(N)=N[C@](C)(c2cc(CC(=O)c3cnsn3)ccc2F)C2(CC2)S1(=O)=O. The van der Waals surface area contributed by atoms with Crippen molar-refractivity contribution in [3.8, 4) is 0 Å². The highest BCUT2D eigenvalue weighted by Gasteiger charge is 2.70. The van der Waals surface area contributed by atoms with Gasteiger partial charge in [0.05, 0.1) is 17.9 Å². The summed E-state index contributed by atoms with van der Waals surface area (Å²) >= 11 is 0.931. The second-order valence-electron chi connectivity index (χ2n) is 7.22. The molecule has 1 aliphatic heterocycles. The number of Topliss-reactive ketones (excluding diaryl/α,β-unsaturated/α-hetero) is 1. The van der Waals surface area contributed by atoms with Crippen molar-refractivity contribution < 1.29 is 17.6 Å². The first kappa shape index (κ1) is 18.9. The summed E-state index contributed by atoms with van der Waals surface area (Å²) in [7, 11) is -2.45. The number of halogens is 1. The molecule has 0 saturated heterocycles. The Morgan fingerprint density at radius 3 is 2.71 bits per heavy atom. The van der Waals surface area contributed by atoms with Gasteiger partial charge in [-0.05, 0) is 37.5 Å². The summed E-state index contributed by atoms with van der Waals surface area (Å²) in [6, 6.07) is 4.23. The third-order valence-corrected chi connectivity index (χ3v) is 8.85. The largest absolute Gasteiger partial charge is 0.369 e. The molecule has 2 heterocycles. The number of aliphatic imine (C=N–C) groups is 1. The van der Waals surface area contributed by atoms with Crippen LogP contribution in [0, 0.1) is 5.82 Å². The highest BCUT2D eigenvalue weighted by molar-refractivity contribution is 7.91. The van der Waals surface area contributed by atoms with E-state index < -0.39 is 26.1 Å². The predicted octanol–water partition coefficient (Wildman–Crippen LogP) is 1.44. The van der Waals surface area contributed by atoms with Crippen molar-refractivity contribution in [2.24, 2.45) is 10.7 Å². The second-order valence-corrected chi connectivity index (χ2v) is 10.1. The summed E-state index contributed by atoms with van der Waals surface area (Å²) in [6.07, 6.45) is 2.10. The number of aromatic nitrogens is 2. The minimum absolute atomic E-state index is 0.00633. The lowest BCUT2D eigenvalue weighted by atomic mass is 9.85. The third kappa shape index (κ3) is 2.49. The molecule has 1 saturated carbocycles. The Bertz CT molecular complexity index is 1100. The number of rotatable bonds is 4. The molecule has 1 aliphatic carbocycles. The van der Waals surface area contributed by atoms with Gasteiger partial charge in [0, 0.05) is 19.0 Å². The Morgan fingerprint density at radius 1 is 1.39 bits per heavy atom. The highest BCUT2D eigenvalue weighted by atomic mass is 32.2. The van der Waals surface area contributed by atoms with Crippen LogP contribution in [0.25, 0.3) is 0 Å². The van der Waals surface area contributed by atoms with Crippen molar-refractivity contribution in [2.45, 2.75) is 36.5 Å². The number of ketones is 1. The number of hydrogen-bond acceptors (Lipinski definition) is 8. The summed E-state index contributed by atoms with van der Waals surface area (Å²) in [5, 5.41) is 0. The van der Waals surface area contributed by atoms with Gasteiger partial charge in [-0.1, -0.05) is 6.07 Å². The molecular formula is C17H18FN5O3S2. The van der Waals surface area contributed by atoms with Crippen LogP contribution in [0.3, 0.4) is 0 Å². The molecule has 0 radical (unpaired) electrons.